The summed E-state index contributed by atoms with van der Waals surface area (Å²) < 4.78 is 0. The van der Waals surface area contributed by atoms with Crippen LogP contribution in [0.3, 0.4) is 0 Å². The first-order valence-electron chi connectivity index (χ1n) is 5.06. The monoisotopic (exact) mass is 226 g/mol. The molecule has 0 fully saturated rings. The van der Waals surface area contributed by atoms with Gasteiger partial charge in [-0.15, -0.1) is 10.2 Å². The average Bonchev–Trinajstić information content (AvgIpc) is 2.39. The average molecular weight is 226 g/mol. The highest BCUT2D eigenvalue weighted by molar-refractivity contribution is 5.94. The molecule has 0 aromatic heterocycles. The highest BCUT2D eigenvalue weighted by Gasteiger charge is 2.01. The van der Waals surface area contributed by atoms with E-state index < -0.39 is 5.91 Å². The molecule has 0 heterocycles. The second kappa shape index (κ2) is 5.03. The van der Waals surface area contributed by atoms with Gasteiger partial charge in [0.05, 0.1) is 5.69 Å². The normalized spacial score (nSPS) is 10.6. The molecule has 4 nitrogen and oxygen atoms in total. The van der Waals surface area contributed by atoms with Crippen LogP contribution in [-0.4, -0.2) is 11.0 Å². The van der Waals surface area contributed by atoms with Crippen LogP contribution in [0.2, 0.25) is 0 Å². The van der Waals surface area contributed by atoms with Crippen molar-refractivity contribution in [2.75, 3.05) is 0 Å². The maximum Gasteiger partial charge on any atom is 0.295 e. The van der Waals surface area contributed by atoms with Crippen LogP contribution in [0.5, 0.6) is 5.75 Å². The number of rotatable bonds is 2. The molecule has 0 aliphatic heterocycles. The Morgan fingerprint density at radius 3 is 2.24 bits per heavy atom. The van der Waals surface area contributed by atoms with Gasteiger partial charge in [-0.25, -0.2) is 0 Å². The van der Waals surface area contributed by atoms with Crippen LogP contribution in [0.15, 0.2) is 64.8 Å². The van der Waals surface area contributed by atoms with Crippen molar-refractivity contribution < 1.29 is 9.90 Å². The van der Waals surface area contributed by atoms with E-state index in [-0.39, 0.29) is 5.75 Å². The summed E-state index contributed by atoms with van der Waals surface area (Å²) in [5, 5.41) is 16.5. The van der Waals surface area contributed by atoms with Gasteiger partial charge in [0, 0.05) is 5.56 Å². The predicted octanol–water partition coefficient (Wildman–Crippen LogP) is 3.32. The lowest BCUT2D eigenvalue weighted by atomic mass is 10.2. The molecular formula is C13H10N2O2. The summed E-state index contributed by atoms with van der Waals surface area (Å²) in [7, 11) is 0. The molecule has 4 heteroatoms. The van der Waals surface area contributed by atoms with Crippen LogP contribution < -0.4 is 0 Å². The Morgan fingerprint density at radius 1 is 0.941 bits per heavy atom. The molecule has 17 heavy (non-hydrogen) atoms. The van der Waals surface area contributed by atoms with E-state index in [2.05, 4.69) is 10.2 Å². The van der Waals surface area contributed by atoms with Gasteiger partial charge < -0.3 is 5.11 Å². The van der Waals surface area contributed by atoms with Crippen molar-refractivity contribution in [2.45, 2.75) is 0 Å². The summed E-state index contributed by atoms with van der Waals surface area (Å²) in [5.41, 5.74) is 1.02. The second-order valence-electron chi connectivity index (χ2n) is 3.39. The zero-order valence-corrected chi connectivity index (χ0v) is 8.95. The summed E-state index contributed by atoms with van der Waals surface area (Å²) in [5.74, 6) is -0.239. The van der Waals surface area contributed by atoms with Crippen molar-refractivity contribution in [1.82, 2.24) is 0 Å². The number of azo groups is 1. The predicted molar refractivity (Wildman–Crippen MR) is 63.4 cm³/mol. The van der Waals surface area contributed by atoms with Gasteiger partial charge in [-0.2, -0.15) is 0 Å². The molecule has 2 rings (SSSR count). The fraction of sp³-hybridized carbons (Fsp3) is 0. The lowest BCUT2D eigenvalue weighted by molar-refractivity contribution is 0.0995. The number of amides is 1. The standard InChI is InChI=1S/C13H10N2O2/c16-12-8-6-11(7-9-12)14-15-13(17)10-4-2-1-3-5-10/h1-9,16H. The molecule has 2 aromatic carbocycles. The third-order valence-corrected chi connectivity index (χ3v) is 2.13. The van der Waals surface area contributed by atoms with Crippen molar-refractivity contribution in [1.29, 1.82) is 0 Å². The molecule has 84 valence electrons. The number of carbonyl (C=O) groups excluding carboxylic acids is 1. The zero-order valence-electron chi connectivity index (χ0n) is 8.95. The third-order valence-electron chi connectivity index (χ3n) is 2.13. The molecule has 0 aliphatic rings. The van der Waals surface area contributed by atoms with Crippen LogP contribution in [0, 0.1) is 0 Å². The van der Waals surface area contributed by atoms with E-state index >= 15 is 0 Å². The van der Waals surface area contributed by atoms with Gasteiger partial charge in [-0.3, -0.25) is 4.79 Å². The largest absolute Gasteiger partial charge is 0.508 e. The molecule has 0 bridgehead atoms. The zero-order chi connectivity index (χ0) is 12.1. The first kappa shape index (κ1) is 11.0. The van der Waals surface area contributed by atoms with Crippen LogP contribution in [0.25, 0.3) is 0 Å². The minimum Gasteiger partial charge on any atom is -0.508 e. The molecule has 1 amide bonds. The fourth-order valence-electron chi connectivity index (χ4n) is 1.26. The number of carbonyl (C=O) groups is 1. The summed E-state index contributed by atoms with van der Waals surface area (Å²) in [6.45, 7) is 0. The highest BCUT2D eigenvalue weighted by Crippen LogP contribution is 2.17. The smallest absolute Gasteiger partial charge is 0.295 e. The van der Waals surface area contributed by atoms with Crippen molar-refractivity contribution in [3.05, 3.63) is 60.2 Å². The van der Waals surface area contributed by atoms with Gasteiger partial charge in [-0.1, -0.05) is 18.2 Å². The number of hydrogen-bond acceptors (Lipinski definition) is 3. The Morgan fingerprint density at radius 2 is 1.59 bits per heavy atom. The lowest BCUT2D eigenvalue weighted by Gasteiger charge is -1.94. The van der Waals surface area contributed by atoms with E-state index in [1.165, 1.54) is 12.1 Å². The van der Waals surface area contributed by atoms with E-state index in [0.717, 1.165) is 0 Å². The van der Waals surface area contributed by atoms with Gasteiger partial charge >= 0.3 is 0 Å². The molecule has 0 atom stereocenters. The van der Waals surface area contributed by atoms with Crippen LogP contribution in [0.4, 0.5) is 5.69 Å². The minimum atomic E-state index is -0.390. The van der Waals surface area contributed by atoms with E-state index in [9.17, 15) is 4.79 Å². The second-order valence-corrected chi connectivity index (χ2v) is 3.39. The summed E-state index contributed by atoms with van der Waals surface area (Å²) in [6.07, 6.45) is 0. The van der Waals surface area contributed by atoms with Gasteiger partial charge in [-0.05, 0) is 36.4 Å². The number of phenolic OH excluding ortho intramolecular Hbond substituents is 1. The molecule has 0 unspecified atom stereocenters. The highest BCUT2D eigenvalue weighted by atomic mass is 16.3. The minimum absolute atomic E-state index is 0.151. The number of phenols is 1. The number of aromatic hydroxyl groups is 1. The summed E-state index contributed by atoms with van der Waals surface area (Å²) in [6, 6.07) is 14.9. The third kappa shape index (κ3) is 2.98. The van der Waals surface area contributed by atoms with Gasteiger partial charge in [0.25, 0.3) is 5.91 Å². The first-order chi connectivity index (χ1) is 8.25. The Hall–Kier alpha value is -2.49. The molecular weight excluding hydrogens is 216 g/mol. The Kier molecular flexibility index (Phi) is 3.25. The Balaban J connectivity index is 2.11. The van der Waals surface area contributed by atoms with Gasteiger partial charge in [0.1, 0.15) is 5.75 Å². The topological polar surface area (TPSA) is 62.0 Å². The SMILES string of the molecule is O=C(N=Nc1ccc(O)cc1)c1ccccc1. The van der Waals surface area contributed by atoms with E-state index in [1.807, 2.05) is 6.07 Å². The lowest BCUT2D eigenvalue weighted by Crippen LogP contribution is -1.91. The maximum atomic E-state index is 11.6. The molecule has 0 saturated carbocycles. The van der Waals surface area contributed by atoms with Gasteiger partial charge in [0.15, 0.2) is 0 Å². The molecule has 0 radical (unpaired) electrons. The molecule has 2 aromatic rings. The van der Waals surface area contributed by atoms with Crippen LogP contribution in [-0.2, 0) is 0 Å². The summed E-state index contributed by atoms with van der Waals surface area (Å²) in [4.78, 5) is 11.6. The summed E-state index contributed by atoms with van der Waals surface area (Å²) >= 11 is 0. The Bertz CT molecular complexity index is 533. The van der Waals surface area contributed by atoms with E-state index in [1.54, 1.807) is 36.4 Å². The van der Waals surface area contributed by atoms with E-state index in [0.29, 0.717) is 11.3 Å². The fourth-order valence-corrected chi connectivity index (χ4v) is 1.26. The number of benzene rings is 2. The van der Waals surface area contributed by atoms with Crippen molar-refractivity contribution >= 4 is 11.6 Å². The van der Waals surface area contributed by atoms with Crippen LogP contribution >= 0.6 is 0 Å². The van der Waals surface area contributed by atoms with Crippen molar-refractivity contribution in [3.8, 4) is 5.75 Å². The first-order valence-corrected chi connectivity index (χ1v) is 5.06. The van der Waals surface area contributed by atoms with Crippen molar-refractivity contribution in [3.63, 3.8) is 0 Å². The van der Waals surface area contributed by atoms with Gasteiger partial charge in [0.2, 0.25) is 0 Å². The van der Waals surface area contributed by atoms with Crippen molar-refractivity contribution in [2.24, 2.45) is 10.2 Å². The quantitative estimate of drug-likeness (QED) is 0.798. The molecule has 0 aliphatic carbocycles. The molecule has 0 saturated heterocycles. The number of hydrogen-bond donors (Lipinski definition) is 1. The Labute approximate surface area is 98.3 Å². The van der Waals surface area contributed by atoms with E-state index in [4.69, 9.17) is 5.11 Å². The molecule has 0 spiro atoms. The van der Waals surface area contributed by atoms with Crippen LogP contribution in [0.1, 0.15) is 10.4 Å². The molecule has 1 N–H and O–H groups in total. The number of nitrogens with zero attached hydrogens (tertiary/aromatic N) is 2. The maximum absolute atomic E-state index is 11.6.